The fourth-order valence-electron chi connectivity index (χ4n) is 0. The maximum Gasteiger partial charge on any atom is 0.394 e. The van der Waals surface area contributed by atoms with E-state index in [9.17, 15) is 0 Å². The third-order valence-electron chi connectivity index (χ3n) is 0. The average molecular weight is 568 g/mol. The molecule has 0 heterocycles. The minimum atomic E-state index is -4.67. The van der Waals surface area contributed by atoms with Gasteiger partial charge >= 0.3 is 20.8 Å². The zero-order chi connectivity index (χ0) is 9.00. The van der Waals surface area contributed by atoms with E-state index >= 15 is 0 Å². The van der Waals surface area contributed by atoms with Crippen molar-refractivity contribution in [2.45, 2.75) is 0 Å². The summed E-state index contributed by atoms with van der Waals surface area (Å²) in [5, 5.41) is 0. The SMILES string of the molecule is O.O.O.O.O.O.O.O.O.O.O.O.O=S(=O)(O)O.O=S(=O)(O)O.[Cr].[Cr].[Cr]. The van der Waals surface area contributed by atoms with Crippen LogP contribution in [0.2, 0.25) is 0 Å². The molecule has 0 aliphatic rings. The largest absolute Gasteiger partial charge is 0.412 e. The molecule has 0 aromatic carbocycles. The number of rotatable bonds is 0. The Morgan fingerprint density at radius 3 is 0.320 bits per heavy atom. The Labute approximate surface area is 173 Å². The minimum Gasteiger partial charge on any atom is -0.412 e. The second kappa shape index (κ2) is 85.6. The number of hydrogen-bond donors (Lipinski definition) is 4. The van der Waals surface area contributed by atoms with E-state index in [2.05, 4.69) is 0 Å². The van der Waals surface area contributed by atoms with Gasteiger partial charge in [0.2, 0.25) is 0 Å². The van der Waals surface area contributed by atoms with E-state index in [1.54, 1.807) is 0 Å². The first kappa shape index (κ1) is 204. The van der Waals surface area contributed by atoms with Crippen LogP contribution in [0.5, 0.6) is 0 Å². The van der Waals surface area contributed by atoms with Crippen LogP contribution in [0.4, 0.5) is 0 Å². The van der Waals surface area contributed by atoms with Gasteiger partial charge in [-0.25, -0.2) is 0 Å². The van der Waals surface area contributed by atoms with Gasteiger partial charge in [-0.2, -0.15) is 16.8 Å². The van der Waals surface area contributed by atoms with Gasteiger partial charge in [-0.3, -0.25) is 18.2 Å². The molecular formula is H28Cr3O20S2. The Morgan fingerprint density at radius 2 is 0.320 bits per heavy atom. The quantitative estimate of drug-likeness (QED) is 0.203. The molecular weight excluding hydrogens is 540 g/mol. The average Bonchev–Trinajstić information content (AvgIpc) is 1.12. The van der Waals surface area contributed by atoms with Crippen LogP contribution in [0, 0.1) is 0 Å². The molecule has 0 unspecified atom stereocenters. The third-order valence-corrected chi connectivity index (χ3v) is 0. The molecule has 20 nitrogen and oxygen atoms in total. The van der Waals surface area contributed by atoms with Crippen LogP contribution in [0.1, 0.15) is 0 Å². The van der Waals surface area contributed by atoms with E-state index in [-0.39, 0.29) is 118 Å². The molecule has 0 saturated heterocycles. The molecule has 25 heavy (non-hydrogen) atoms. The molecule has 0 fully saturated rings. The summed E-state index contributed by atoms with van der Waals surface area (Å²) < 4.78 is 63.2. The topological polar surface area (TPSA) is 527 Å². The zero-order valence-electron chi connectivity index (χ0n) is 11.5. The molecule has 0 aliphatic heterocycles. The molecule has 28 N–H and O–H groups in total. The fraction of sp³-hybridized carbons (Fsp3) is 0. The Kier molecular flexibility index (Phi) is 697. The first-order valence-electron chi connectivity index (χ1n) is 1.40. The Balaban J connectivity index is -0.00000000213. The summed E-state index contributed by atoms with van der Waals surface area (Å²) in [7, 11) is -9.33. The normalized spacial score (nSPS) is 4.64. The maximum atomic E-state index is 8.74. The van der Waals surface area contributed by atoms with Crippen LogP contribution in [0.15, 0.2) is 0 Å². The zero-order valence-corrected chi connectivity index (χ0v) is 16.9. The van der Waals surface area contributed by atoms with E-state index in [0.717, 1.165) is 0 Å². The van der Waals surface area contributed by atoms with Crippen LogP contribution in [-0.2, 0) is 72.9 Å². The Morgan fingerprint density at radius 1 is 0.320 bits per heavy atom. The molecule has 0 bridgehead atoms. The van der Waals surface area contributed by atoms with Gasteiger partial charge in [0.1, 0.15) is 0 Å². The van der Waals surface area contributed by atoms with Crippen molar-refractivity contribution in [3.05, 3.63) is 0 Å². The molecule has 0 radical (unpaired) electrons. The summed E-state index contributed by atoms with van der Waals surface area (Å²) in [5.41, 5.74) is 0. The molecule has 25 heteroatoms. The van der Waals surface area contributed by atoms with Crippen molar-refractivity contribution in [1.82, 2.24) is 0 Å². The maximum absolute atomic E-state index is 8.74. The van der Waals surface area contributed by atoms with E-state index in [1.165, 1.54) is 0 Å². The summed E-state index contributed by atoms with van der Waals surface area (Å²) >= 11 is 0. The van der Waals surface area contributed by atoms with Crippen LogP contribution in [0.25, 0.3) is 0 Å². The van der Waals surface area contributed by atoms with Gasteiger partial charge < -0.3 is 65.7 Å². The van der Waals surface area contributed by atoms with E-state index in [4.69, 9.17) is 35.0 Å². The summed E-state index contributed by atoms with van der Waals surface area (Å²) in [6.07, 6.45) is 0. The van der Waals surface area contributed by atoms with Gasteiger partial charge in [-0.15, -0.1) is 0 Å². The molecule has 0 rings (SSSR count). The molecule has 0 atom stereocenters. The van der Waals surface area contributed by atoms with Crippen molar-refractivity contribution < 1.29 is 153 Å². The van der Waals surface area contributed by atoms with Crippen molar-refractivity contribution in [2.24, 2.45) is 0 Å². The fourth-order valence-corrected chi connectivity index (χ4v) is 0. The van der Waals surface area contributed by atoms with Crippen LogP contribution in [0.3, 0.4) is 0 Å². The molecule has 0 spiro atoms. The van der Waals surface area contributed by atoms with Crippen molar-refractivity contribution in [2.75, 3.05) is 0 Å². The molecule has 0 aliphatic carbocycles. The van der Waals surface area contributed by atoms with Crippen LogP contribution >= 0.6 is 0 Å². The van der Waals surface area contributed by atoms with Crippen LogP contribution < -0.4 is 0 Å². The minimum absolute atomic E-state index is 0. The van der Waals surface area contributed by atoms with Gasteiger partial charge in [-0.05, 0) is 0 Å². The predicted octanol–water partition coefficient (Wildman–Crippen LogP) is -11.2. The summed E-state index contributed by atoms with van der Waals surface area (Å²) in [5.74, 6) is 0. The number of hydrogen-bond acceptors (Lipinski definition) is 4. The van der Waals surface area contributed by atoms with Gasteiger partial charge in [-0.1, -0.05) is 0 Å². The van der Waals surface area contributed by atoms with Crippen molar-refractivity contribution >= 4 is 20.8 Å². The van der Waals surface area contributed by atoms with Gasteiger partial charge in [0, 0.05) is 52.1 Å². The van der Waals surface area contributed by atoms with Crippen LogP contribution in [-0.4, -0.2) is 101 Å². The summed E-state index contributed by atoms with van der Waals surface area (Å²) in [6, 6.07) is 0. The standard InChI is InChI=1S/3Cr.2H2O4S.12H2O/c;;;2*1-5(2,3)4;;;;;;;;;;;;/h;;;2*(H2,1,2,3,4);12*1H2. The summed E-state index contributed by atoms with van der Waals surface area (Å²) in [4.78, 5) is 0. The predicted molar refractivity (Wildman–Crippen MR) is 71.7 cm³/mol. The second-order valence-corrected chi connectivity index (χ2v) is 2.69. The first-order chi connectivity index (χ1) is 4.00. The van der Waals surface area contributed by atoms with Gasteiger partial charge in [0.25, 0.3) is 0 Å². The van der Waals surface area contributed by atoms with Crippen molar-refractivity contribution in [3.63, 3.8) is 0 Å². The smallest absolute Gasteiger partial charge is 0.394 e. The molecule has 178 valence electrons. The summed E-state index contributed by atoms with van der Waals surface area (Å²) in [6.45, 7) is 0. The Hall–Kier alpha value is 0.857. The Bertz CT molecular complexity index is 219. The second-order valence-electron chi connectivity index (χ2n) is 0.896. The van der Waals surface area contributed by atoms with Gasteiger partial charge in [0.05, 0.1) is 0 Å². The monoisotopic (exact) mass is 568 g/mol. The third kappa shape index (κ3) is 17700. The van der Waals surface area contributed by atoms with Crippen molar-refractivity contribution in [1.29, 1.82) is 0 Å². The molecule has 0 amide bonds. The first-order valence-corrected chi connectivity index (χ1v) is 4.19. The molecule has 0 aromatic rings. The van der Waals surface area contributed by atoms with E-state index < -0.39 is 20.8 Å². The van der Waals surface area contributed by atoms with E-state index in [0.29, 0.717) is 0 Å². The molecule has 0 aromatic heterocycles. The van der Waals surface area contributed by atoms with E-state index in [1.807, 2.05) is 0 Å². The molecule has 0 saturated carbocycles. The van der Waals surface area contributed by atoms with Gasteiger partial charge in [0.15, 0.2) is 0 Å². The van der Waals surface area contributed by atoms with Crippen molar-refractivity contribution in [3.8, 4) is 0 Å².